The summed E-state index contributed by atoms with van der Waals surface area (Å²) in [5.41, 5.74) is 8.16. The molecular formula is C24H31N3O3S. The van der Waals surface area contributed by atoms with Crippen molar-refractivity contribution in [3.8, 4) is 0 Å². The first-order chi connectivity index (χ1) is 14.7. The minimum Gasteiger partial charge on any atom is -0.324 e. The third-order valence-corrected chi connectivity index (χ3v) is 8.43. The first-order valence-corrected chi connectivity index (χ1v) is 12.4. The molecule has 3 N–H and O–H groups in total. The lowest BCUT2D eigenvalue weighted by atomic mass is 9.88. The molecule has 2 fully saturated rings. The van der Waals surface area contributed by atoms with E-state index in [9.17, 15) is 13.2 Å². The van der Waals surface area contributed by atoms with Gasteiger partial charge in [0.25, 0.3) is 0 Å². The summed E-state index contributed by atoms with van der Waals surface area (Å²) >= 11 is 0. The topological polar surface area (TPSA) is 92.5 Å². The molecule has 2 aliphatic rings. The lowest BCUT2D eigenvalue weighted by Gasteiger charge is -2.37. The Hall–Kier alpha value is -2.22. The molecule has 0 atom stereocenters. The minimum atomic E-state index is -3.60. The molecule has 31 heavy (non-hydrogen) atoms. The fourth-order valence-corrected chi connectivity index (χ4v) is 5.87. The molecule has 0 radical (unpaired) electrons. The van der Waals surface area contributed by atoms with E-state index in [-0.39, 0.29) is 31.8 Å². The molecule has 1 saturated carbocycles. The zero-order valence-electron chi connectivity index (χ0n) is 18.2. The molecule has 0 aromatic heterocycles. The number of amides is 1. The number of nitrogens with two attached hydrogens (primary N) is 1. The molecular weight excluding hydrogens is 410 g/mol. The summed E-state index contributed by atoms with van der Waals surface area (Å²) in [7, 11) is -3.60. The van der Waals surface area contributed by atoms with Crippen LogP contribution in [0.25, 0.3) is 0 Å². The molecule has 2 aromatic carbocycles. The van der Waals surface area contributed by atoms with Crippen LogP contribution in [0.2, 0.25) is 0 Å². The van der Waals surface area contributed by atoms with Gasteiger partial charge < -0.3 is 11.1 Å². The van der Waals surface area contributed by atoms with Gasteiger partial charge in [-0.1, -0.05) is 44.2 Å². The van der Waals surface area contributed by atoms with Crippen molar-refractivity contribution >= 4 is 21.6 Å². The Morgan fingerprint density at radius 2 is 1.68 bits per heavy atom. The zero-order valence-corrected chi connectivity index (χ0v) is 19.0. The molecule has 7 heteroatoms. The summed E-state index contributed by atoms with van der Waals surface area (Å²) in [6.07, 6.45) is 2.65. The second-order valence-corrected chi connectivity index (χ2v) is 11.0. The lowest BCUT2D eigenvalue weighted by molar-refractivity contribution is -0.122. The molecule has 1 amide bonds. The average molecular weight is 442 g/mol. The van der Waals surface area contributed by atoms with E-state index >= 15 is 0 Å². The van der Waals surface area contributed by atoms with E-state index < -0.39 is 15.6 Å². The van der Waals surface area contributed by atoms with Gasteiger partial charge in [-0.3, -0.25) is 4.79 Å². The van der Waals surface area contributed by atoms with Crippen molar-refractivity contribution in [1.29, 1.82) is 0 Å². The van der Waals surface area contributed by atoms with E-state index in [0.29, 0.717) is 22.4 Å². The summed E-state index contributed by atoms with van der Waals surface area (Å²) in [5.74, 6) is 0.499. The predicted octanol–water partition coefficient (Wildman–Crippen LogP) is 3.81. The SMILES string of the molecule is CC(C)c1ccc(NC(=O)C2(N)CCN(S(=O)(=O)c3ccccc3C3CC3)CC2)cc1. The van der Waals surface area contributed by atoms with Crippen LogP contribution >= 0.6 is 0 Å². The number of sulfonamides is 1. The monoisotopic (exact) mass is 441 g/mol. The van der Waals surface area contributed by atoms with E-state index in [0.717, 1.165) is 18.4 Å². The highest BCUT2D eigenvalue weighted by Crippen LogP contribution is 2.43. The highest BCUT2D eigenvalue weighted by atomic mass is 32.2. The van der Waals surface area contributed by atoms with Gasteiger partial charge in [0.05, 0.1) is 10.4 Å². The number of nitrogens with one attached hydrogen (secondary N) is 1. The van der Waals surface area contributed by atoms with Gasteiger partial charge in [-0.05, 0) is 66.8 Å². The molecule has 0 bridgehead atoms. The van der Waals surface area contributed by atoms with Crippen molar-refractivity contribution in [2.45, 2.75) is 61.8 Å². The first kappa shape index (κ1) is 22.0. The van der Waals surface area contributed by atoms with Crippen LogP contribution in [-0.4, -0.2) is 37.3 Å². The summed E-state index contributed by atoms with van der Waals surface area (Å²) < 4.78 is 28.0. The maximum atomic E-state index is 13.3. The van der Waals surface area contributed by atoms with Gasteiger partial charge in [-0.2, -0.15) is 4.31 Å². The molecule has 166 valence electrons. The highest BCUT2D eigenvalue weighted by molar-refractivity contribution is 7.89. The fraction of sp³-hybridized carbons (Fsp3) is 0.458. The van der Waals surface area contributed by atoms with Crippen molar-refractivity contribution < 1.29 is 13.2 Å². The van der Waals surface area contributed by atoms with Crippen molar-refractivity contribution in [1.82, 2.24) is 4.31 Å². The fourth-order valence-electron chi connectivity index (χ4n) is 4.15. The molecule has 0 spiro atoms. The normalized spacial score (nSPS) is 19.4. The molecule has 1 saturated heterocycles. The van der Waals surface area contributed by atoms with E-state index in [1.165, 1.54) is 9.87 Å². The van der Waals surface area contributed by atoms with Crippen molar-refractivity contribution in [3.63, 3.8) is 0 Å². The summed E-state index contributed by atoms with van der Waals surface area (Å²) in [4.78, 5) is 13.3. The van der Waals surface area contributed by atoms with Gasteiger partial charge in [-0.25, -0.2) is 8.42 Å². The Balaban J connectivity index is 1.43. The molecule has 1 aliphatic carbocycles. The third-order valence-electron chi connectivity index (χ3n) is 6.46. The van der Waals surface area contributed by atoms with Gasteiger partial charge >= 0.3 is 0 Å². The number of benzene rings is 2. The van der Waals surface area contributed by atoms with Crippen LogP contribution in [0.3, 0.4) is 0 Å². The van der Waals surface area contributed by atoms with Gasteiger partial charge in [0.15, 0.2) is 0 Å². The van der Waals surface area contributed by atoms with E-state index in [1.807, 2.05) is 36.4 Å². The molecule has 1 heterocycles. The summed E-state index contributed by atoms with van der Waals surface area (Å²) in [5, 5.41) is 2.90. The maximum absolute atomic E-state index is 13.3. The smallest absolute Gasteiger partial charge is 0.244 e. The number of hydrogen-bond acceptors (Lipinski definition) is 4. The summed E-state index contributed by atoms with van der Waals surface area (Å²) in [6.45, 7) is 4.70. The first-order valence-electron chi connectivity index (χ1n) is 11.0. The number of carbonyl (C=O) groups is 1. The largest absolute Gasteiger partial charge is 0.324 e. The molecule has 4 rings (SSSR count). The van der Waals surface area contributed by atoms with Crippen LogP contribution in [-0.2, 0) is 14.8 Å². The Kier molecular flexibility index (Phi) is 5.94. The molecule has 0 unspecified atom stereocenters. The standard InChI is InChI=1S/C24H31N3O3S/c1-17(2)18-9-11-20(12-10-18)26-23(28)24(25)13-15-27(16-14-24)31(29,30)22-6-4-3-5-21(22)19-7-8-19/h3-6,9-12,17,19H,7-8,13-16,25H2,1-2H3,(H,26,28). The molecule has 2 aromatic rings. The Morgan fingerprint density at radius 1 is 1.06 bits per heavy atom. The highest BCUT2D eigenvalue weighted by Gasteiger charge is 2.42. The number of piperidine rings is 1. The van der Waals surface area contributed by atoms with Crippen molar-refractivity contribution in [3.05, 3.63) is 59.7 Å². The Labute approximate surface area is 184 Å². The minimum absolute atomic E-state index is 0.234. The quantitative estimate of drug-likeness (QED) is 0.713. The molecule has 1 aliphatic heterocycles. The Morgan fingerprint density at radius 3 is 2.26 bits per heavy atom. The van der Waals surface area contributed by atoms with Gasteiger partial charge in [0.1, 0.15) is 0 Å². The van der Waals surface area contributed by atoms with Crippen molar-refractivity contribution in [2.75, 3.05) is 18.4 Å². The van der Waals surface area contributed by atoms with Crippen LogP contribution < -0.4 is 11.1 Å². The van der Waals surface area contributed by atoms with Crippen molar-refractivity contribution in [2.24, 2.45) is 5.73 Å². The number of hydrogen-bond donors (Lipinski definition) is 2. The number of carbonyl (C=O) groups excluding carboxylic acids is 1. The van der Waals surface area contributed by atoms with Crippen LogP contribution in [0.4, 0.5) is 5.69 Å². The van der Waals surface area contributed by atoms with E-state index in [4.69, 9.17) is 5.73 Å². The second-order valence-electron chi connectivity index (χ2n) is 9.10. The number of anilines is 1. The lowest BCUT2D eigenvalue weighted by Crippen LogP contribution is -2.58. The van der Waals surface area contributed by atoms with Crippen LogP contribution in [0.1, 0.15) is 62.5 Å². The maximum Gasteiger partial charge on any atom is 0.244 e. The Bertz CT molecular complexity index is 1050. The predicted molar refractivity (Wildman–Crippen MR) is 122 cm³/mol. The zero-order chi connectivity index (χ0) is 22.2. The van der Waals surface area contributed by atoms with Gasteiger partial charge in [0.2, 0.25) is 15.9 Å². The van der Waals surface area contributed by atoms with Gasteiger partial charge in [-0.15, -0.1) is 0 Å². The third kappa shape index (κ3) is 4.54. The van der Waals surface area contributed by atoms with E-state index in [1.54, 1.807) is 12.1 Å². The number of rotatable bonds is 6. The molecule has 6 nitrogen and oxygen atoms in total. The van der Waals surface area contributed by atoms with Crippen LogP contribution in [0.5, 0.6) is 0 Å². The average Bonchev–Trinajstić information content (AvgIpc) is 3.60. The van der Waals surface area contributed by atoms with Crippen LogP contribution in [0.15, 0.2) is 53.4 Å². The van der Waals surface area contributed by atoms with E-state index in [2.05, 4.69) is 19.2 Å². The summed E-state index contributed by atoms with van der Waals surface area (Å²) in [6, 6.07) is 15.0. The van der Waals surface area contributed by atoms with Crippen LogP contribution in [0, 0.1) is 0 Å². The number of nitrogens with zero attached hydrogens (tertiary/aromatic N) is 1. The van der Waals surface area contributed by atoms with Gasteiger partial charge in [0, 0.05) is 18.8 Å². The second kappa shape index (κ2) is 8.37.